The Morgan fingerprint density at radius 1 is 0.559 bits per heavy atom. The van der Waals surface area contributed by atoms with Crippen molar-refractivity contribution in [1.82, 2.24) is 0 Å². The van der Waals surface area contributed by atoms with Crippen molar-refractivity contribution in [3.05, 3.63) is 178 Å². The van der Waals surface area contributed by atoms with Crippen molar-refractivity contribution in [2.45, 2.75) is 9.79 Å². The molecule has 0 bridgehead atoms. The van der Waals surface area contributed by atoms with Crippen LogP contribution in [0.15, 0.2) is 186 Å². The fourth-order valence-electron chi connectivity index (χ4n) is 5.94. The van der Waals surface area contributed by atoms with Crippen molar-refractivity contribution in [1.29, 1.82) is 0 Å². The van der Waals surface area contributed by atoms with Crippen LogP contribution in [0.2, 0.25) is 0 Å². The summed E-state index contributed by atoms with van der Waals surface area (Å²) < 4.78 is 73.3. The Balaban J connectivity index is 0.000000180. The minimum absolute atomic E-state index is 0.0379. The van der Waals surface area contributed by atoms with Gasteiger partial charge in [-0.25, -0.2) is 16.8 Å². The van der Waals surface area contributed by atoms with E-state index in [1.54, 1.807) is 97.1 Å². The zero-order valence-corrected chi connectivity index (χ0v) is 32.4. The Hall–Kier alpha value is -7.60. The normalized spacial score (nSPS) is 11.2. The van der Waals surface area contributed by atoms with E-state index in [0.717, 1.165) is 0 Å². The van der Waals surface area contributed by atoms with Crippen LogP contribution in [0.3, 0.4) is 0 Å². The van der Waals surface area contributed by atoms with E-state index in [1.807, 2.05) is 0 Å². The Morgan fingerprint density at radius 2 is 1.00 bits per heavy atom. The molecule has 6 aromatic carbocycles. The van der Waals surface area contributed by atoms with Crippen LogP contribution in [0.4, 0.5) is 11.4 Å². The Labute approximate surface area is 338 Å². The zero-order chi connectivity index (χ0) is 41.6. The van der Waals surface area contributed by atoms with Gasteiger partial charge in [-0.15, -0.1) is 6.42 Å². The lowest BCUT2D eigenvalue weighted by atomic mass is 10.1. The van der Waals surface area contributed by atoms with Crippen molar-refractivity contribution in [2.24, 2.45) is 0 Å². The first kappa shape index (κ1) is 39.6. The number of phenols is 1. The highest BCUT2D eigenvalue weighted by Gasteiger charge is 2.20. The number of phenolic OH excluding ortho intramolecular Hbond substituents is 1. The molecule has 0 atom stereocenters. The van der Waals surface area contributed by atoms with Gasteiger partial charge in [-0.1, -0.05) is 66.6 Å². The van der Waals surface area contributed by atoms with E-state index >= 15 is 0 Å². The van der Waals surface area contributed by atoms with E-state index in [2.05, 4.69) is 15.4 Å². The topological polar surface area (TPSA) is 182 Å². The molecule has 0 aliphatic heterocycles. The molecule has 0 fully saturated rings. The summed E-state index contributed by atoms with van der Waals surface area (Å²) in [5.41, 5.74) is 1.25. The summed E-state index contributed by atoms with van der Waals surface area (Å²) in [6.07, 6.45) is 5.26. The van der Waals surface area contributed by atoms with E-state index in [-0.39, 0.29) is 61.5 Å². The largest absolute Gasteiger partial charge is 0.508 e. The van der Waals surface area contributed by atoms with Gasteiger partial charge in [0.2, 0.25) is 0 Å². The molecule has 14 heteroatoms. The first-order chi connectivity index (χ1) is 28.4. The third-order valence-corrected chi connectivity index (χ3v) is 11.5. The lowest BCUT2D eigenvalue weighted by Gasteiger charge is -2.14. The number of fused-ring (bicyclic) bond motifs is 2. The van der Waals surface area contributed by atoms with Gasteiger partial charge in [-0.05, 0) is 84.9 Å². The highest BCUT2D eigenvalue weighted by molar-refractivity contribution is 7.93. The van der Waals surface area contributed by atoms with Crippen molar-refractivity contribution in [3.63, 3.8) is 0 Å². The molecule has 0 unspecified atom stereocenters. The van der Waals surface area contributed by atoms with Crippen LogP contribution in [0.5, 0.6) is 11.5 Å². The molecule has 0 radical (unpaired) electrons. The number of terminal acetylenes is 1. The summed E-state index contributed by atoms with van der Waals surface area (Å²) in [6, 6.07) is 40.9. The van der Waals surface area contributed by atoms with Gasteiger partial charge < -0.3 is 18.7 Å². The number of rotatable bonds is 10. The summed E-state index contributed by atoms with van der Waals surface area (Å²) in [5, 5.41) is 10.7. The number of sulfonamides is 2. The van der Waals surface area contributed by atoms with Gasteiger partial charge in [0.25, 0.3) is 20.0 Å². The van der Waals surface area contributed by atoms with E-state index in [0.29, 0.717) is 33.3 Å². The number of benzene rings is 6. The molecule has 59 heavy (non-hydrogen) atoms. The first-order valence-electron chi connectivity index (χ1n) is 17.7. The fraction of sp³-hybridized carbons (Fsp3) is 0.0222. The molecule has 0 spiro atoms. The van der Waals surface area contributed by atoms with Crippen LogP contribution in [-0.2, 0) is 20.0 Å². The predicted molar refractivity (Wildman–Crippen MR) is 226 cm³/mol. The number of aromatic hydroxyl groups is 1. The molecular weight excluding hydrogens is 793 g/mol. The average molecular weight is 825 g/mol. The van der Waals surface area contributed by atoms with Crippen molar-refractivity contribution < 1.29 is 35.5 Å². The van der Waals surface area contributed by atoms with Crippen LogP contribution < -0.4 is 25.0 Å². The molecule has 2 heterocycles. The molecule has 0 aliphatic carbocycles. The summed E-state index contributed by atoms with van der Waals surface area (Å²) >= 11 is 0. The Kier molecular flexibility index (Phi) is 11.3. The minimum Gasteiger partial charge on any atom is -0.508 e. The first-order valence-corrected chi connectivity index (χ1v) is 20.6. The second-order valence-corrected chi connectivity index (χ2v) is 16.1. The highest BCUT2D eigenvalue weighted by atomic mass is 32.2. The van der Waals surface area contributed by atoms with Crippen molar-refractivity contribution in [3.8, 4) is 46.5 Å². The number of nitrogens with one attached hydrogen (secondary N) is 2. The van der Waals surface area contributed by atoms with Gasteiger partial charge >= 0.3 is 0 Å². The van der Waals surface area contributed by atoms with Crippen molar-refractivity contribution in [2.75, 3.05) is 16.1 Å². The lowest BCUT2D eigenvalue weighted by Crippen LogP contribution is -2.14. The third kappa shape index (κ3) is 9.02. The molecule has 0 amide bonds. The number of ether oxygens (including phenoxy) is 1. The standard InChI is InChI=1S/C24H17NO5S.C21H15NO5S/c1-2-14-29-17-12-13-21(25-31(27,28)18-8-4-3-5-9-18)20(15-17)24-16-22(26)19-10-6-7-11-23(19)30-24;23-14-10-11-18(22-28(25,26)15-6-2-1-3-7-15)17(12-14)21-13-19(24)16-8-4-5-9-20(16)27-21/h1,3-13,15-16,25H,14H2;1-13,22-23H. The van der Waals surface area contributed by atoms with Gasteiger partial charge in [0, 0.05) is 23.3 Å². The smallest absolute Gasteiger partial charge is 0.261 e. The summed E-state index contributed by atoms with van der Waals surface area (Å²) in [6.45, 7) is 0.0379. The number of anilines is 2. The molecule has 2 aromatic heterocycles. The maximum absolute atomic E-state index is 12.9. The highest BCUT2D eigenvalue weighted by Crippen LogP contribution is 2.35. The molecule has 0 saturated carbocycles. The van der Waals surface area contributed by atoms with E-state index in [4.69, 9.17) is 20.0 Å². The summed E-state index contributed by atoms with van der Waals surface area (Å²) in [7, 11) is -7.73. The summed E-state index contributed by atoms with van der Waals surface area (Å²) in [4.78, 5) is 25.2. The van der Waals surface area contributed by atoms with E-state index in [1.165, 1.54) is 60.7 Å². The third-order valence-electron chi connectivity index (χ3n) is 8.71. The van der Waals surface area contributed by atoms with Gasteiger partial charge in [-0.3, -0.25) is 19.0 Å². The van der Waals surface area contributed by atoms with Crippen LogP contribution >= 0.6 is 0 Å². The maximum atomic E-state index is 12.9. The SMILES string of the molecule is C#CCOc1ccc(NS(=O)(=O)c2ccccc2)c(-c2cc(=O)c3ccccc3o2)c1.O=c1cc(-c2cc(O)ccc2NS(=O)(=O)c2ccccc2)oc2ccccc12. The van der Waals surface area contributed by atoms with E-state index in [9.17, 15) is 31.5 Å². The molecule has 0 aliphatic rings. The Bertz CT molecular complexity index is 3220. The quantitative estimate of drug-likeness (QED) is 0.0897. The second-order valence-electron chi connectivity index (χ2n) is 12.7. The molecule has 12 nitrogen and oxygen atoms in total. The molecule has 294 valence electrons. The van der Waals surface area contributed by atoms with Crippen molar-refractivity contribution >= 4 is 53.4 Å². The Morgan fingerprint density at radius 3 is 1.49 bits per heavy atom. The fourth-order valence-corrected chi connectivity index (χ4v) is 8.14. The van der Waals surface area contributed by atoms with Gasteiger partial charge in [0.1, 0.15) is 40.8 Å². The number of hydrogen-bond acceptors (Lipinski definition) is 10. The van der Waals surface area contributed by atoms with Gasteiger partial charge in [0.15, 0.2) is 10.9 Å². The summed E-state index contributed by atoms with van der Waals surface area (Å²) in [5.74, 6) is 3.03. The molecule has 0 saturated heterocycles. The van der Waals surface area contributed by atoms with Crippen LogP contribution in [0.25, 0.3) is 44.6 Å². The zero-order valence-electron chi connectivity index (χ0n) is 30.7. The van der Waals surface area contributed by atoms with E-state index < -0.39 is 20.0 Å². The maximum Gasteiger partial charge on any atom is 0.261 e. The molecule has 8 rings (SSSR count). The second kappa shape index (κ2) is 16.9. The minimum atomic E-state index is -3.87. The number of para-hydroxylation sites is 2. The van der Waals surface area contributed by atoms with Crippen LogP contribution in [0.1, 0.15) is 0 Å². The van der Waals surface area contributed by atoms with Crippen LogP contribution in [-0.4, -0.2) is 28.5 Å². The number of hydrogen-bond donors (Lipinski definition) is 3. The predicted octanol–water partition coefficient (Wildman–Crippen LogP) is 8.24. The van der Waals surface area contributed by atoms with Gasteiger partial charge in [-0.2, -0.15) is 0 Å². The molecule has 8 aromatic rings. The lowest BCUT2D eigenvalue weighted by molar-refractivity contribution is 0.370. The van der Waals surface area contributed by atoms with Gasteiger partial charge in [0.05, 0.1) is 31.9 Å². The average Bonchev–Trinajstić information content (AvgIpc) is 3.24. The molecule has 3 N–H and O–H groups in total. The van der Waals surface area contributed by atoms with Crippen LogP contribution in [0, 0.1) is 12.3 Å². The molecular formula is C45H32N2O10S2. The monoisotopic (exact) mass is 824 g/mol.